The lowest BCUT2D eigenvalue weighted by atomic mass is 9.78. The van der Waals surface area contributed by atoms with E-state index in [1.165, 1.54) is 7.11 Å². The SMILES string of the molecule is COC(=O)Cc1cccc(B2OC(C)(C)C(C)(C)O2)c1. The lowest BCUT2D eigenvalue weighted by Crippen LogP contribution is -2.41. The van der Waals surface area contributed by atoms with Crippen LogP contribution >= 0.6 is 0 Å². The first kappa shape index (κ1) is 15.1. The van der Waals surface area contributed by atoms with Gasteiger partial charge in [-0.1, -0.05) is 24.3 Å². The van der Waals surface area contributed by atoms with Gasteiger partial charge in [0.2, 0.25) is 0 Å². The molecular formula is C15H21BO4. The van der Waals surface area contributed by atoms with Crippen LogP contribution in [-0.2, 0) is 25.3 Å². The van der Waals surface area contributed by atoms with E-state index in [4.69, 9.17) is 9.31 Å². The van der Waals surface area contributed by atoms with Crippen molar-refractivity contribution in [2.45, 2.75) is 45.3 Å². The quantitative estimate of drug-likeness (QED) is 0.622. The first-order valence-corrected chi connectivity index (χ1v) is 6.76. The Hall–Kier alpha value is -1.33. The zero-order valence-corrected chi connectivity index (χ0v) is 12.7. The molecule has 108 valence electrons. The zero-order valence-electron chi connectivity index (χ0n) is 12.7. The van der Waals surface area contributed by atoms with Gasteiger partial charge in [-0.2, -0.15) is 0 Å². The van der Waals surface area contributed by atoms with E-state index in [9.17, 15) is 4.79 Å². The molecule has 1 aliphatic rings. The second-order valence-corrected chi connectivity index (χ2v) is 6.09. The summed E-state index contributed by atoms with van der Waals surface area (Å²) in [5, 5.41) is 0. The van der Waals surface area contributed by atoms with Gasteiger partial charge in [0.05, 0.1) is 24.7 Å². The minimum Gasteiger partial charge on any atom is -0.469 e. The second kappa shape index (κ2) is 5.22. The smallest absolute Gasteiger partial charge is 0.469 e. The number of benzene rings is 1. The van der Waals surface area contributed by atoms with E-state index in [1.807, 2.05) is 52.0 Å². The van der Waals surface area contributed by atoms with E-state index < -0.39 is 7.12 Å². The zero-order chi connectivity index (χ0) is 15.0. The van der Waals surface area contributed by atoms with Crippen LogP contribution in [0, 0.1) is 0 Å². The molecular weight excluding hydrogens is 255 g/mol. The van der Waals surface area contributed by atoms with Crippen molar-refractivity contribution < 1.29 is 18.8 Å². The normalized spacial score (nSPS) is 19.9. The molecule has 1 fully saturated rings. The minimum atomic E-state index is -0.405. The number of ether oxygens (including phenoxy) is 1. The molecule has 1 heterocycles. The van der Waals surface area contributed by atoms with Crippen molar-refractivity contribution in [1.82, 2.24) is 0 Å². The molecule has 1 aromatic carbocycles. The van der Waals surface area contributed by atoms with E-state index in [1.54, 1.807) is 0 Å². The Morgan fingerprint density at radius 2 is 1.80 bits per heavy atom. The maximum absolute atomic E-state index is 11.3. The van der Waals surface area contributed by atoms with Crippen molar-refractivity contribution in [3.05, 3.63) is 29.8 Å². The number of esters is 1. The molecule has 0 unspecified atom stereocenters. The standard InChI is InChI=1S/C15H21BO4/c1-14(2)15(3,4)20-16(19-14)12-8-6-7-11(9-12)10-13(17)18-5/h6-9H,10H2,1-5H3. The molecule has 1 aliphatic heterocycles. The monoisotopic (exact) mass is 276 g/mol. The molecule has 4 nitrogen and oxygen atoms in total. The largest absolute Gasteiger partial charge is 0.494 e. The van der Waals surface area contributed by atoms with Gasteiger partial charge < -0.3 is 14.0 Å². The van der Waals surface area contributed by atoms with Crippen molar-refractivity contribution in [2.75, 3.05) is 7.11 Å². The van der Waals surface area contributed by atoms with Gasteiger partial charge in [-0.3, -0.25) is 4.79 Å². The van der Waals surface area contributed by atoms with Crippen molar-refractivity contribution in [3.8, 4) is 0 Å². The van der Waals surface area contributed by atoms with Gasteiger partial charge in [0, 0.05) is 0 Å². The van der Waals surface area contributed by atoms with Crippen LogP contribution in [0.1, 0.15) is 33.3 Å². The average Bonchev–Trinajstić information content (AvgIpc) is 2.59. The Labute approximate surface area is 120 Å². The summed E-state index contributed by atoms with van der Waals surface area (Å²) in [4.78, 5) is 11.3. The molecule has 0 N–H and O–H groups in total. The molecule has 0 bridgehead atoms. The van der Waals surface area contributed by atoms with Gasteiger partial charge in [-0.25, -0.2) is 0 Å². The van der Waals surface area contributed by atoms with Crippen molar-refractivity contribution in [1.29, 1.82) is 0 Å². The molecule has 0 aliphatic carbocycles. The van der Waals surface area contributed by atoms with Gasteiger partial charge in [0.25, 0.3) is 0 Å². The highest BCUT2D eigenvalue weighted by atomic mass is 16.7. The molecule has 1 saturated heterocycles. The van der Waals surface area contributed by atoms with Crippen LogP contribution in [-0.4, -0.2) is 31.4 Å². The van der Waals surface area contributed by atoms with Crippen LogP contribution in [0.2, 0.25) is 0 Å². The Kier molecular flexibility index (Phi) is 3.94. The van der Waals surface area contributed by atoms with Gasteiger partial charge in [-0.05, 0) is 38.7 Å². The summed E-state index contributed by atoms with van der Waals surface area (Å²) >= 11 is 0. The maximum atomic E-state index is 11.3. The molecule has 5 heteroatoms. The molecule has 2 rings (SSSR count). The van der Waals surface area contributed by atoms with Crippen LogP contribution < -0.4 is 5.46 Å². The van der Waals surface area contributed by atoms with Crippen LogP contribution in [0.5, 0.6) is 0 Å². The predicted molar refractivity (Wildman–Crippen MR) is 77.9 cm³/mol. The number of hydrogen-bond acceptors (Lipinski definition) is 4. The van der Waals surface area contributed by atoms with Gasteiger partial charge in [-0.15, -0.1) is 0 Å². The number of methoxy groups -OCH3 is 1. The highest BCUT2D eigenvalue weighted by molar-refractivity contribution is 6.62. The molecule has 0 spiro atoms. The van der Waals surface area contributed by atoms with Crippen LogP contribution in [0.15, 0.2) is 24.3 Å². The van der Waals surface area contributed by atoms with E-state index in [2.05, 4.69) is 4.74 Å². The summed E-state index contributed by atoms with van der Waals surface area (Å²) in [6.45, 7) is 8.08. The van der Waals surface area contributed by atoms with E-state index in [0.29, 0.717) is 0 Å². The summed E-state index contributed by atoms with van der Waals surface area (Å²) in [5.74, 6) is -0.254. The van der Waals surface area contributed by atoms with Crippen molar-refractivity contribution >= 4 is 18.6 Å². The fourth-order valence-electron chi connectivity index (χ4n) is 2.07. The van der Waals surface area contributed by atoms with Crippen molar-refractivity contribution in [3.63, 3.8) is 0 Å². The lowest BCUT2D eigenvalue weighted by Gasteiger charge is -2.32. The minimum absolute atomic E-state index is 0.254. The van der Waals surface area contributed by atoms with E-state index >= 15 is 0 Å². The van der Waals surface area contributed by atoms with E-state index in [0.717, 1.165) is 11.0 Å². The highest BCUT2D eigenvalue weighted by Gasteiger charge is 2.51. The van der Waals surface area contributed by atoms with Gasteiger partial charge in [0.15, 0.2) is 0 Å². The third-order valence-corrected chi connectivity index (χ3v) is 4.05. The maximum Gasteiger partial charge on any atom is 0.494 e. The molecule has 0 amide bonds. The fraction of sp³-hybridized carbons (Fsp3) is 0.533. The fourth-order valence-corrected chi connectivity index (χ4v) is 2.07. The molecule has 0 radical (unpaired) electrons. The number of hydrogen-bond donors (Lipinski definition) is 0. The second-order valence-electron chi connectivity index (χ2n) is 6.09. The number of carbonyl (C=O) groups is 1. The molecule has 0 atom stereocenters. The lowest BCUT2D eigenvalue weighted by molar-refractivity contribution is -0.139. The summed E-state index contributed by atoms with van der Waals surface area (Å²) in [5.41, 5.74) is 1.08. The first-order valence-electron chi connectivity index (χ1n) is 6.76. The topological polar surface area (TPSA) is 44.8 Å². The molecule has 0 aromatic heterocycles. The van der Waals surface area contributed by atoms with E-state index in [-0.39, 0.29) is 23.6 Å². The number of carbonyl (C=O) groups excluding carboxylic acids is 1. The Morgan fingerprint density at radius 1 is 1.20 bits per heavy atom. The summed E-state index contributed by atoms with van der Waals surface area (Å²) < 4.78 is 16.7. The van der Waals surface area contributed by atoms with Crippen LogP contribution in [0.3, 0.4) is 0 Å². The summed E-state index contributed by atoms with van der Waals surface area (Å²) in [7, 11) is 0.984. The Balaban J connectivity index is 2.19. The highest BCUT2D eigenvalue weighted by Crippen LogP contribution is 2.36. The summed E-state index contributed by atoms with van der Waals surface area (Å²) in [6.07, 6.45) is 0.254. The summed E-state index contributed by atoms with van der Waals surface area (Å²) in [6, 6.07) is 7.67. The predicted octanol–water partition coefficient (Wildman–Crippen LogP) is 1.70. The van der Waals surface area contributed by atoms with Crippen LogP contribution in [0.4, 0.5) is 0 Å². The molecule has 20 heavy (non-hydrogen) atoms. The molecule has 1 aromatic rings. The van der Waals surface area contributed by atoms with Crippen molar-refractivity contribution in [2.24, 2.45) is 0 Å². The van der Waals surface area contributed by atoms with Gasteiger partial charge in [0.1, 0.15) is 0 Å². The number of rotatable bonds is 3. The average molecular weight is 276 g/mol. The van der Waals surface area contributed by atoms with Gasteiger partial charge >= 0.3 is 13.1 Å². The first-order chi connectivity index (χ1) is 9.25. The third kappa shape index (κ3) is 2.89. The molecule has 0 saturated carbocycles. The third-order valence-electron chi connectivity index (χ3n) is 4.05. The Morgan fingerprint density at radius 3 is 2.35 bits per heavy atom. The Bertz CT molecular complexity index is 494. The van der Waals surface area contributed by atoms with Crippen LogP contribution in [0.25, 0.3) is 0 Å².